The summed E-state index contributed by atoms with van der Waals surface area (Å²) in [5.41, 5.74) is 3.70. The van der Waals surface area contributed by atoms with Gasteiger partial charge >= 0.3 is 0 Å². The zero-order valence-corrected chi connectivity index (χ0v) is 11.3. The molecule has 0 saturated carbocycles. The Bertz CT molecular complexity index is 597. The van der Waals surface area contributed by atoms with Gasteiger partial charge in [0.1, 0.15) is 5.82 Å². The standard InChI is InChI=1S/C16H15ClFN/c17-15-10-13(18)6-5-12(15)9-16-14-4-2-1-3-11(14)7-8-19-16/h1-6,10,16,19H,7-9H2. The summed E-state index contributed by atoms with van der Waals surface area (Å²) >= 11 is 6.11. The quantitative estimate of drug-likeness (QED) is 0.876. The lowest BCUT2D eigenvalue weighted by Gasteiger charge is -2.27. The van der Waals surface area contributed by atoms with Gasteiger partial charge in [-0.1, -0.05) is 41.9 Å². The molecule has 2 aromatic carbocycles. The minimum absolute atomic E-state index is 0.257. The van der Waals surface area contributed by atoms with Crippen molar-refractivity contribution >= 4 is 11.6 Å². The molecule has 0 aromatic heterocycles. The van der Waals surface area contributed by atoms with Crippen LogP contribution in [0.2, 0.25) is 5.02 Å². The fourth-order valence-electron chi connectivity index (χ4n) is 2.68. The van der Waals surface area contributed by atoms with E-state index in [0.29, 0.717) is 5.02 Å². The van der Waals surface area contributed by atoms with E-state index in [1.54, 1.807) is 6.07 Å². The molecular formula is C16H15ClFN. The molecule has 1 nitrogen and oxygen atoms in total. The van der Waals surface area contributed by atoms with Gasteiger partial charge in [-0.15, -0.1) is 0 Å². The molecule has 0 spiro atoms. The average molecular weight is 276 g/mol. The van der Waals surface area contributed by atoms with Crippen LogP contribution < -0.4 is 5.32 Å². The summed E-state index contributed by atoms with van der Waals surface area (Å²) in [5, 5.41) is 4.02. The molecule has 19 heavy (non-hydrogen) atoms. The van der Waals surface area contributed by atoms with Gasteiger partial charge in [0, 0.05) is 11.1 Å². The van der Waals surface area contributed by atoms with Gasteiger partial charge in [-0.05, 0) is 48.2 Å². The Hall–Kier alpha value is -1.38. The summed E-state index contributed by atoms with van der Waals surface area (Å²) in [4.78, 5) is 0. The summed E-state index contributed by atoms with van der Waals surface area (Å²) in [7, 11) is 0. The van der Waals surface area contributed by atoms with Crippen molar-refractivity contribution < 1.29 is 4.39 Å². The number of halogens is 2. The highest BCUT2D eigenvalue weighted by atomic mass is 35.5. The maximum absolute atomic E-state index is 13.1. The molecule has 0 fully saturated rings. The maximum atomic E-state index is 13.1. The molecule has 0 amide bonds. The zero-order valence-electron chi connectivity index (χ0n) is 10.5. The van der Waals surface area contributed by atoms with Crippen LogP contribution in [0.5, 0.6) is 0 Å². The average Bonchev–Trinajstić information content (AvgIpc) is 2.42. The Morgan fingerprint density at radius 1 is 1.21 bits per heavy atom. The Labute approximate surface area is 117 Å². The number of rotatable bonds is 2. The van der Waals surface area contributed by atoms with Gasteiger partial charge in [0.05, 0.1) is 0 Å². The first-order valence-electron chi connectivity index (χ1n) is 6.49. The van der Waals surface area contributed by atoms with Crippen molar-refractivity contribution in [2.24, 2.45) is 0 Å². The third-order valence-electron chi connectivity index (χ3n) is 3.65. The van der Waals surface area contributed by atoms with E-state index in [4.69, 9.17) is 11.6 Å². The maximum Gasteiger partial charge on any atom is 0.124 e. The van der Waals surface area contributed by atoms with Crippen molar-refractivity contribution in [2.45, 2.75) is 18.9 Å². The molecule has 98 valence electrons. The van der Waals surface area contributed by atoms with Crippen LogP contribution in [0.4, 0.5) is 4.39 Å². The number of fused-ring (bicyclic) bond motifs is 1. The van der Waals surface area contributed by atoms with Crippen LogP contribution >= 0.6 is 11.6 Å². The monoisotopic (exact) mass is 275 g/mol. The largest absolute Gasteiger partial charge is 0.309 e. The van der Waals surface area contributed by atoms with Crippen LogP contribution in [0, 0.1) is 5.82 Å². The molecular weight excluding hydrogens is 261 g/mol. The fourth-order valence-corrected chi connectivity index (χ4v) is 2.93. The molecule has 0 saturated heterocycles. The van der Waals surface area contributed by atoms with Gasteiger partial charge in [-0.25, -0.2) is 4.39 Å². The lowest BCUT2D eigenvalue weighted by Crippen LogP contribution is -2.31. The lowest BCUT2D eigenvalue weighted by molar-refractivity contribution is 0.502. The molecule has 1 heterocycles. The summed E-state index contributed by atoms with van der Waals surface area (Å²) < 4.78 is 13.1. The van der Waals surface area contributed by atoms with Gasteiger partial charge in [0.15, 0.2) is 0 Å². The predicted octanol–water partition coefficient (Wildman–Crippen LogP) is 3.91. The third-order valence-corrected chi connectivity index (χ3v) is 4.01. The second kappa shape index (κ2) is 5.32. The number of benzene rings is 2. The topological polar surface area (TPSA) is 12.0 Å². The first-order valence-corrected chi connectivity index (χ1v) is 6.87. The molecule has 1 aliphatic heterocycles. The van der Waals surface area contributed by atoms with Crippen LogP contribution in [0.1, 0.15) is 22.7 Å². The normalized spacial score (nSPS) is 18.1. The van der Waals surface area contributed by atoms with Crippen molar-refractivity contribution in [1.82, 2.24) is 5.32 Å². The van der Waals surface area contributed by atoms with Crippen molar-refractivity contribution in [1.29, 1.82) is 0 Å². The van der Waals surface area contributed by atoms with E-state index in [-0.39, 0.29) is 11.9 Å². The van der Waals surface area contributed by atoms with Crippen LogP contribution in [0.3, 0.4) is 0 Å². The Kier molecular flexibility index (Phi) is 3.54. The van der Waals surface area contributed by atoms with Crippen molar-refractivity contribution in [3.05, 3.63) is 70.0 Å². The number of hydrogen-bond donors (Lipinski definition) is 1. The van der Waals surface area contributed by atoms with Crippen molar-refractivity contribution in [3.8, 4) is 0 Å². The van der Waals surface area contributed by atoms with Crippen LogP contribution in [0.15, 0.2) is 42.5 Å². The summed E-state index contributed by atoms with van der Waals surface area (Å²) in [6, 6.07) is 13.3. The van der Waals surface area contributed by atoms with Gasteiger partial charge < -0.3 is 5.32 Å². The predicted molar refractivity (Wildman–Crippen MR) is 76.0 cm³/mol. The smallest absolute Gasteiger partial charge is 0.124 e. The second-order valence-electron chi connectivity index (χ2n) is 4.90. The molecule has 1 aliphatic rings. The molecule has 1 atom stereocenters. The first-order chi connectivity index (χ1) is 9.24. The molecule has 0 radical (unpaired) electrons. The van der Waals surface area contributed by atoms with Crippen LogP contribution in [-0.4, -0.2) is 6.54 Å². The van der Waals surface area contributed by atoms with Crippen LogP contribution in [-0.2, 0) is 12.8 Å². The van der Waals surface area contributed by atoms with Gasteiger partial charge in [0.25, 0.3) is 0 Å². The van der Waals surface area contributed by atoms with Crippen molar-refractivity contribution in [2.75, 3.05) is 6.54 Å². The molecule has 1 N–H and O–H groups in total. The van der Waals surface area contributed by atoms with E-state index in [0.717, 1.165) is 24.9 Å². The Morgan fingerprint density at radius 3 is 2.89 bits per heavy atom. The van der Waals surface area contributed by atoms with Gasteiger partial charge in [-0.2, -0.15) is 0 Å². The van der Waals surface area contributed by atoms with E-state index < -0.39 is 0 Å². The Morgan fingerprint density at radius 2 is 2.05 bits per heavy atom. The van der Waals surface area contributed by atoms with E-state index in [2.05, 4.69) is 29.6 Å². The second-order valence-corrected chi connectivity index (χ2v) is 5.30. The minimum Gasteiger partial charge on any atom is -0.309 e. The van der Waals surface area contributed by atoms with E-state index in [1.807, 2.05) is 0 Å². The Balaban J connectivity index is 1.88. The summed E-state index contributed by atoms with van der Waals surface area (Å²) in [6.07, 6.45) is 1.85. The third kappa shape index (κ3) is 2.65. The lowest BCUT2D eigenvalue weighted by atomic mass is 9.90. The molecule has 3 rings (SSSR count). The number of hydrogen-bond acceptors (Lipinski definition) is 1. The molecule has 1 unspecified atom stereocenters. The first kappa shape index (κ1) is 12.6. The molecule has 0 bridgehead atoms. The minimum atomic E-state index is -0.286. The SMILES string of the molecule is Fc1ccc(CC2NCCc3ccccc32)c(Cl)c1. The summed E-state index contributed by atoms with van der Waals surface area (Å²) in [5.74, 6) is -0.286. The highest BCUT2D eigenvalue weighted by Gasteiger charge is 2.20. The molecule has 3 heteroatoms. The van der Waals surface area contributed by atoms with E-state index in [9.17, 15) is 4.39 Å². The summed E-state index contributed by atoms with van der Waals surface area (Å²) in [6.45, 7) is 0.973. The highest BCUT2D eigenvalue weighted by molar-refractivity contribution is 6.31. The molecule has 2 aromatic rings. The van der Waals surface area contributed by atoms with Gasteiger partial charge in [0.2, 0.25) is 0 Å². The zero-order chi connectivity index (χ0) is 13.2. The fraction of sp³-hybridized carbons (Fsp3) is 0.250. The number of nitrogens with one attached hydrogen (secondary N) is 1. The van der Waals surface area contributed by atoms with E-state index >= 15 is 0 Å². The molecule has 0 aliphatic carbocycles. The van der Waals surface area contributed by atoms with Crippen LogP contribution in [0.25, 0.3) is 0 Å². The van der Waals surface area contributed by atoms with Gasteiger partial charge in [-0.3, -0.25) is 0 Å². The van der Waals surface area contributed by atoms with Crippen molar-refractivity contribution in [3.63, 3.8) is 0 Å². The van der Waals surface area contributed by atoms with E-state index in [1.165, 1.54) is 23.3 Å². The highest BCUT2D eigenvalue weighted by Crippen LogP contribution is 2.28.